The molecule has 1 aliphatic heterocycles. The lowest BCUT2D eigenvalue weighted by atomic mass is 10.0. The summed E-state index contributed by atoms with van der Waals surface area (Å²) in [5, 5.41) is 13.3. The average molecular weight is 339 g/mol. The fraction of sp³-hybridized carbons (Fsp3) is 0.375. The zero-order valence-corrected chi connectivity index (χ0v) is 13.0. The van der Waals surface area contributed by atoms with Crippen LogP contribution in [-0.2, 0) is 13.5 Å². The number of likely N-dealkylation sites (tertiary alicyclic amines) is 1. The van der Waals surface area contributed by atoms with Gasteiger partial charge in [0.25, 0.3) is 5.91 Å². The average Bonchev–Trinajstić information content (AvgIpc) is 3.18. The van der Waals surface area contributed by atoms with E-state index in [0.29, 0.717) is 19.2 Å². The summed E-state index contributed by atoms with van der Waals surface area (Å²) in [5.74, 6) is -6.63. The zero-order valence-electron chi connectivity index (χ0n) is 13.0. The van der Waals surface area contributed by atoms with E-state index in [1.807, 2.05) is 13.2 Å². The number of phenolic OH excluding ortho intramolecular Hbond substituents is 1. The van der Waals surface area contributed by atoms with Gasteiger partial charge in [-0.15, -0.1) is 0 Å². The number of carbonyl (C=O) groups is 1. The Labute approximate surface area is 136 Å². The van der Waals surface area contributed by atoms with E-state index < -0.39 is 34.7 Å². The summed E-state index contributed by atoms with van der Waals surface area (Å²) in [5.41, 5.74) is 0.377. The number of benzene rings is 1. The largest absolute Gasteiger partial charge is 0.503 e. The quantitative estimate of drug-likeness (QED) is 0.873. The minimum Gasteiger partial charge on any atom is -0.503 e. The van der Waals surface area contributed by atoms with Crippen LogP contribution in [0.25, 0.3) is 0 Å². The Morgan fingerprint density at radius 1 is 1.38 bits per heavy atom. The van der Waals surface area contributed by atoms with Gasteiger partial charge in [-0.05, 0) is 30.4 Å². The monoisotopic (exact) mass is 339 g/mol. The molecule has 1 aliphatic rings. The fourth-order valence-corrected chi connectivity index (χ4v) is 3.01. The molecule has 0 bridgehead atoms. The normalized spacial score (nSPS) is 17.5. The van der Waals surface area contributed by atoms with E-state index in [-0.39, 0.29) is 5.92 Å². The molecule has 0 radical (unpaired) electrons. The van der Waals surface area contributed by atoms with Crippen LogP contribution in [0.4, 0.5) is 13.2 Å². The highest BCUT2D eigenvalue weighted by molar-refractivity contribution is 5.95. The summed E-state index contributed by atoms with van der Waals surface area (Å²) < 4.78 is 42.0. The van der Waals surface area contributed by atoms with Crippen LogP contribution >= 0.6 is 0 Å². The maximum Gasteiger partial charge on any atom is 0.257 e. The maximum atomic E-state index is 13.9. The smallest absolute Gasteiger partial charge is 0.257 e. The van der Waals surface area contributed by atoms with Crippen molar-refractivity contribution in [2.45, 2.75) is 12.8 Å². The standard InChI is InChI=1S/C16H16F3N3O2/c1-21-7-10(6-20-21)4-9-2-3-22(8-9)16(24)11-5-12(17)14(19)15(23)13(11)18/h5-7,9,23H,2-4,8H2,1H3. The van der Waals surface area contributed by atoms with Gasteiger partial charge in [0.1, 0.15) is 0 Å². The van der Waals surface area contributed by atoms with Gasteiger partial charge in [0.2, 0.25) is 5.82 Å². The number of amides is 1. The molecule has 8 heteroatoms. The highest BCUT2D eigenvalue weighted by atomic mass is 19.2. The minimum atomic E-state index is -1.69. The van der Waals surface area contributed by atoms with E-state index in [1.54, 1.807) is 10.9 Å². The molecule has 1 aromatic heterocycles. The number of hydrogen-bond acceptors (Lipinski definition) is 3. The molecule has 1 N–H and O–H groups in total. The van der Waals surface area contributed by atoms with Gasteiger partial charge in [0.05, 0.1) is 11.8 Å². The molecule has 0 aliphatic carbocycles. The molecule has 2 aromatic rings. The van der Waals surface area contributed by atoms with Crippen LogP contribution in [0.1, 0.15) is 22.3 Å². The van der Waals surface area contributed by atoms with Gasteiger partial charge in [-0.1, -0.05) is 0 Å². The number of nitrogens with zero attached hydrogens (tertiary/aromatic N) is 3. The number of halogens is 3. The Kier molecular flexibility index (Phi) is 4.21. The number of aromatic hydroxyl groups is 1. The van der Waals surface area contributed by atoms with Crippen molar-refractivity contribution in [1.29, 1.82) is 0 Å². The van der Waals surface area contributed by atoms with Crippen LogP contribution in [0.2, 0.25) is 0 Å². The van der Waals surface area contributed by atoms with Crippen molar-refractivity contribution in [2.24, 2.45) is 13.0 Å². The lowest BCUT2D eigenvalue weighted by Gasteiger charge is -2.17. The first-order valence-electron chi connectivity index (χ1n) is 7.50. The second kappa shape index (κ2) is 6.18. The number of phenols is 1. The van der Waals surface area contributed by atoms with Gasteiger partial charge in [-0.25, -0.2) is 8.78 Å². The number of aryl methyl sites for hydroxylation is 1. The summed E-state index contributed by atoms with van der Waals surface area (Å²) in [4.78, 5) is 13.7. The predicted molar refractivity (Wildman–Crippen MR) is 78.9 cm³/mol. The van der Waals surface area contributed by atoms with Gasteiger partial charge < -0.3 is 10.0 Å². The molecule has 1 unspecified atom stereocenters. The fourth-order valence-electron chi connectivity index (χ4n) is 3.01. The first-order valence-corrected chi connectivity index (χ1v) is 7.50. The molecule has 24 heavy (non-hydrogen) atoms. The Bertz CT molecular complexity index is 791. The number of hydrogen-bond donors (Lipinski definition) is 1. The third-order valence-electron chi connectivity index (χ3n) is 4.22. The van der Waals surface area contributed by atoms with Crippen LogP contribution in [-0.4, -0.2) is 38.8 Å². The van der Waals surface area contributed by atoms with Crippen molar-refractivity contribution in [1.82, 2.24) is 14.7 Å². The van der Waals surface area contributed by atoms with E-state index in [4.69, 9.17) is 0 Å². The van der Waals surface area contributed by atoms with Crippen molar-refractivity contribution in [2.75, 3.05) is 13.1 Å². The van der Waals surface area contributed by atoms with Gasteiger partial charge in [0.15, 0.2) is 17.4 Å². The molecule has 5 nitrogen and oxygen atoms in total. The minimum absolute atomic E-state index is 0.181. The molecule has 3 rings (SSSR count). The second-order valence-corrected chi connectivity index (χ2v) is 6.01. The van der Waals surface area contributed by atoms with Crippen molar-refractivity contribution in [3.05, 3.63) is 47.0 Å². The third-order valence-corrected chi connectivity index (χ3v) is 4.22. The molecule has 1 fully saturated rings. The van der Waals surface area contributed by atoms with Crippen LogP contribution in [0.3, 0.4) is 0 Å². The molecule has 1 aromatic carbocycles. The molecule has 0 saturated carbocycles. The number of rotatable bonds is 3. The predicted octanol–water partition coefficient (Wildman–Crippen LogP) is 2.25. The van der Waals surface area contributed by atoms with Crippen molar-refractivity contribution < 1.29 is 23.1 Å². The first-order chi connectivity index (χ1) is 11.4. The molecule has 0 spiro atoms. The summed E-state index contributed by atoms with van der Waals surface area (Å²) >= 11 is 0. The highest BCUT2D eigenvalue weighted by Gasteiger charge is 2.31. The molecular formula is C16H16F3N3O2. The molecular weight excluding hydrogens is 323 g/mol. The van der Waals surface area contributed by atoms with Crippen molar-refractivity contribution in [3.63, 3.8) is 0 Å². The molecule has 2 heterocycles. The van der Waals surface area contributed by atoms with E-state index in [2.05, 4.69) is 5.10 Å². The van der Waals surface area contributed by atoms with Crippen molar-refractivity contribution in [3.8, 4) is 5.75 Å². The SMILES string of the molecule is Cn1cc(CC2CCN(C(=O)c3cc(F)c(F)c(O)c3F)C2)cn1. The summed E-state index contributed by atoms with van der Waals surface area (Å²) in [6.07, 6.45) is 5.08. The zero-order chi connectivity index (χ0) is 17.4. The Morgan fingerprint density at radius 2 is 2.12 bits per heavy atom. The summed E-state index contributed by atoms with van der Waals surface area (Å²) in [6.45, 7) is 0.774. The van der Waals surface area contributed by atoms with Crippen LogP contribution in [0.15, 0.2) is 18.5 Å². The Balaban J connectivity index is 1.73. The van der Waals surface area contributed by atoms with Gasteiger partial charge >= 0.3 is 0 Å². The van der Waals surface area contributed by atoms with E-state index >= 15 is 0 Å². The number of carbonyl (C=O) groups excluding carboxylic acids is 1. The first kappa shape index (κ1) is 16.4. The van der Waals surface area contributed by atoms with Crippen LogP contribution < -0.4 is 0 Å². The van der Waals surface area contributed by atoms with E-state index in [1.165, 1.54) is 4.90 Å². The summed E-state index contributed by atoms with van der Waals surface area (Å²) in [7, 11) is 1.81. The molecule has 1 atom stereocenters. The lowest BCUT2D eigenvalue weighted by Crippen LogP contribution is -2.30. The second-order valence-electron chi connectivity index (χ2n) is 6.01. The Morgan fingerprint density at radius 3 is 2.79 bits per heavy atom. The van der Waals surface area contributed by atoms with Crippen LogP contribution in [0, 0.1) is 23.4 Å². The van der Waals surface area contributed by atoms with E-state index in [9.17, 15) is 23.1 Å². The lowest BCUT2D eigenvalue weighted by molar-refractivity contribution is 0.0780. The van der Waals surface area contributed by atoms with E-state index in [0.717, 1.165) is 18.4 Å². The van der Waals surface area contributed by atoms with Gasteiger partial charge in [-0.3, -0.25) is 9.48 Å². The van der Waals surface area contributed by atoms with Gasteiger partial charge in [-0.2, -0.15) is 9.49 Å². The summed E-state index contributed by atoms with van der Waals surface area (Å²) in [6, 6.07) is 0.487. The number of aromatic nitrogens is 2. The molecule has 1 saturated heterocycles. The van der Waals surface area contributed by atoms with Crippen LogP contribution in [0.5, 0.6) is 5.75 Å². The molecule has 1 amide bonds. The third kappa shape index (κ3) is 2.95. The topological polar surface area (TPSA) is 58.4 Å². The Hall–Kier alpha value is -2.51. The highest BCUT2D eigenvalue weighted by Crippen LogP contribution is 2.28. The molecule has 128 valence electrons. The van der Waals surface area contributed by atoms with Gasteiger partial charge in [0, 0.05) is 26.3 Å². The van der Waals surface area contributed by atoms with Crippen molar-refractivity contribution >= 4 is 5.91 Å². The maximum absolute atomic E-state index is 13.9.